The zero-order chi connectivity index (χ0) is 14.5. The molecule has 1 aromatic heterocycles. The summed E-state index contributed by atoms with van der Waals surface area (Å²) in [4.78, 5) is 4.28. The zero-order valence-corrected chi connectivity index (χ0v) is 12.5. The van der Waals surface area contributed by atoms with Crippen LogP contribution in [-0.2, 0) is 13.0 Å². The molecule has 108 valence electrons. The van der Waals surface area contributed by atoms with Gasteiger partial charge in [0.15, 0.2) is 0 Å². The zero-order valence-electron chi connectivity index (χ0n) is 11.8. The number of alkyl halides is 1. The van der Waals surface area contributed by atoms with E-state index in [0.29, 0.717) is 23.8 Å². The first-order chi connectivity index (χ1) is 9.61. The van der Waals surface area contributed by atoms with Crippen LogP contribution in [0.25, 0.3) is 0 Å². The van der Waals surface area contributed by atoms with Gasteiger partial charge in [-0.3, -0.25) is 0 Å². The molecule has 5 heteroatoms. The van der Waals surface area contributed by atoms with Gasteiger partial charge in [0.2, 0.25) is 0 Å². The van der Waals surface area contributed by atoms with Gasteiger partial charge in [-0.05, 0) is 17.5 Å². The second kappa shape index (κ2) is 6.84. The third kappa shape index (κ3) is 3.57. The first kappa shape index (κ1) is 15.0. The summed E-state index contributed by atoms with van der Waals surface area (Å²) in [5, 5.41) is 4.23. The lowest BCUT2D eigenvalue weighted by atomic mass is 9.96. The molecule has 0 spiro atoms. The van der Waals surface area contributed by atoms with Gasteiger partial charge in [0.25, 0.3) is 0 Å². The van der Waals surface area contributed by atoms with Crippen LogP contribution in [0.3, 0.4) is 0 Å². The molecule has 20 heavy (non-hydrogen) atoms. The molecular formula is C15H19ClFN3. The Bertz CT molecular complexity index is 554. The van der Waals surface area contributed by atoms with Crippen molar-refractivity contribution in [2.75, 3.05) is 5.88 Å². The van der Waals surface area contributed by atoms with E-state index in [1.807, 2.05) is 10.7 Å². The lowest BCUT2D eigenvalue weighted by Crippen LogP contribution is -2.15. The highest BCUT2D eigenvalue weighted by Crippen LogP contribution is 2.24. The molecular weight excluding hydrogens is 277 g/mol. The summed E-state index contributed by atoms with van der Waals surface area (Å²) >= 11 is 6.02. The Hall–Kier alpha value is -1.42. The van der Waals surface area contributed by atoms with E-state index in [9.17, 15) is 4.39 Å². The molecule has 0 fully saturated rings. The Balaban J connectivity index is 2.19. The van der Waals surface area contributed by atoms with Gasteiger partial charge in [-0.1, -0.05) is 32.0 Å². The summed E-state index contributed by atoms with van der Waals surface area (Å²) in [6.07, 6.45) is 2.14. The molecule has 1 unspecified atom stereocenters. The SMILES string of the molecule is CC(C)Cn1ncnc1CC(CCl)c1ccccc1F. The molecule has 0 saturated heterocycles. The van der Waals surface area contributed by atoms with E-state index < -0.39 is 0 Å². The predicted octanol–water partition coefficient (Wildman–Crippen LogP) is 3.64. The molecule has 0 radical (unpaired) electrons. The van der Waals surface area contributed by atoms with Gasteiger partial charge < -0.3 is 0 Å². The smallest absolute Gasteiger partial charge is 0.138 e. The first-order valence-electron chi connectivity index (χ1n) is 6.79. The van der Waals surface area contributed by atoms with Crippen LogP contribution in [-0.4, -0.2) is 20.6 Å². The highest BCUT2D eigenvalue weighted by Gasteiger charge is 2.18. The molecule has 0 aliphatic rings. The number of rotatable bonds is 6. The van der Waals surface area contributed by atoms with Crippen molar-refractivity contribution in [3.8, 4) is 0 Å². The van der Waals surface area contributed by atoms with Gasteiger partial charge in [0.05, 0.1) is 0 Å². The Kier molecular flexibility index (Phi) is 5.12. The van der Waals surface area contributed by atoms with Gasteiger partial charge in [0.1, 0.15) is 18.0 Å². The summed E-state index contributed by atoms with van der Waals surface area (Å²) in [6.45, 7) is 5.06. The van der Waals surface area contributed by atoms with Crippen LogP contribution in [0.4, 0.5) is 4.39 Å². The van der Waals surface area contributed by atoms with Crippen molar-refractivity contribution in [3.63, 3.8) is 0 Å². The maximum absolute atomic E-state index is 13.9. The first-order valence-corrected chi connectivity index (χ1v) is 7.32. The van der Waals surface area contributed by atoms with Crippen LogP contribution >= 0.6 is 11.6 Å². The van der Waals surface area contributed by atoms with Gasteiger partial charge in [0, 0.05) is 24.8 Å². The van der Waals surface area contributed by atoms with Crippen molar-refractivity contribution in [3.05, 3.63) is 47.8 Å². The van der Waals surface area contributed by atoms with E-state index >= 15 is 0 Å². The van der Waals surface area contributed by atoms with E-state index in [0.717, 1.165) is 12.4 Å². The lowest BCUT2D eigenvalue weighted by molar-refractivity contribution is 0.459. The van der Waals surface area contributed by atoms with Crippen molar-refractivity contribution < 1.29 is 4.39 Å². The van der Waals surface area contributed by atoms with Gasteiger partial charge in [-0.25, -0.2) is 14.1 Å². The molecule has 1 atom stereocenters. The van der Waals surface area contributed by atoms with Crippen molar-refractivity contribution >= 4 is 11.6 Å². The predicted molar refractivity (Wildman–Crippen MR) is 78.4 cm³/mol. The third-order valence-electron chi connectivity index (χ3n) is 3.19. The summed E-state index contributed by atoms with van der Waals surface area (Å²) in [7, 11) is 0. The second-order valence-corrected chi connectivity index (χ2v) is 5.64. The van der Waals surface area contributed by atoms with E-state index in [-0.39, 0.29) is 11.7 Å². The minimum Gasteiger partial charge on any atom is -0.250 e. The number of nitrogens with zero attached hydrogens (tertiary/aromatic N) is 3. The molecule has 1 heterocycles. The fraction of sp³-hybridized carbons (Fsp3) is 0.467. The summed E-state index contributed by atoms with van der Waals surface area (Å²) in [6, 6.07) is 6.77. The number of aromatic nitrogens is 3. The Morgan fingerprint density at radius 3 is 2.70 bits per heavy atom. The molecule has 3 nitrogen and oxygen atoms in total. The quantitative estimate of drug-likeness (QED) is 0.762. The van der Waals surface area contributed by atoms with E-state index in [1.54, 1.807) is 18.5 Å². The minimum absolute atomic E-state index is 0.0898. The van der Waals surface area contributed by atoms with Crippen LogP contribution in [0.1, 0.15) is 31.2 Å². The number of benzene rings is 1. The van der Waals surface area contributed by atoms with Crippen LogP contribution in [0.5, 0.6) is 0 Å². The molecule has 0 N–H and O–H groups in total. The summed E-state index contributed by atoms with van der Waals surface area (Å²) in [5.74, 6) is 1.39. The molecule has 2 rings (SSSR count). The van der Waals surface area contributed by atoms with Crippen LogP contribution < -0.4 is 0 Å². The fourth-order valence-electron chi connectivity index (χ4n) is 2.22. The largest absolute Gasteiger partial charge is 0.250 e. The fourth-order valence-corrected chi connectivity index (χ4v) is 2.49. The third-order valence-corrected chi connectivity index (χ3v) is 3.57. The molecule has 0 bridgehead atoms. The van der Waals surface area contributed by atoms with Gasteiger partial charge >= 0.3 is 0 Å². The average Bonchev–Trinajstić information content (AvgIpc) is 2.83. The number of halogens is 2. The molecule has 0 amide bonds. The number of hydrogen-bond acceptors (Lipinski definition) is 2. The standard InChI is InChI=1S/C15H19ClFN3/c1-11(2)9-20-15(18-10-19-20)7-12(8-16)13-5-3-4-6-14(13)17/h3-6,10-12H,7-9H2,1-2H3. The van der Waals surface area contributed by atoms with Crippen molar-refractivity contribution in [2.45, 2.75) is 32.7 Å². The maximum atomic E-state index is 13.9. The van der Waals surface area contributed by atoms with Crippen molar-refractivity contribution in [1.82, 2.24) is 14.8 Å². The van der Waals surface area contributed by atoms with E-state index in [2.05, 4.69) is 23.9 Å². The van der Waals surface area contributed by atoms with Crippen LogP contribution in [0.2, 0.25) is 0 Å². The van der Waals surface area contributed by atoms with Crippen LogP contribution in [0, 0.1) is 11.7 Å². The highest BCUT2D eigenvalue weighted by molar-refractivity contribution is 6.18. The van der Waals surface area contributed by atoms with E-state index in [4.69, 9.17) is 11.6 Å². The van der Waals surface area contributed by atoms with Crippen molar-refractivity contribution in [1.29, 1.82) is 0 Å². The Labute approximate surface area is 123 Å². The number of hydrogen-bond donors (Lipinski definition) is 0. The minimum atomic E-state index is -0.215. The van der Waals surface area contributed by atoms with E-state index in [1.165, 1.54) is 6.07 Å². The van der Waals surface area contributed by atoms with Crippen LogP contribution in [0.15, 0.2) is 30.6 Å². The molecule has 0 aliphatic carbocycles. The average molecular weight is 296 g/mol. The molecule has 1 aromatic carbocycles. The Morgan fingerprint density at radius 2 is 2.05 bits per heavy atom. The van der Waals surface area contributed by atoms with Gasteiger partial charge in [-0.15, -0.1) is 11.6 Å². The topological polar surface area (TPSA) is 30.7 Å². The maximum Gasteiger partial charge on any atom is 0.138 e. The Morgan fingerprint density at radius 1 is 1.30 bits per heavy atom. The summed E-state index contributed by atoms with van der Waals surface area (Å²) < 4.78 is 15.7. The highest BCUT2D eigenvalue weighted by atomic mass is 35.5. The normalized spacial score (nSPS) is 12.8. The van der Waals surface area contributed by atoms with Gasteiger partial charge in [-0.2, -0.15) is 5.10 Å². The molecule has 0 aliphatic heterocycles. The molecule has 0 saturated carbocycles. The lowest BCUT2D eigenvalue weighted by Gasteiger charge is -2.16. The summed E-state index contributed by atoms with van der Waals surface area (Å²) in [5.41, 5.74) is 0.640. The monoisotopic (exact) mass is 295 g/mol. The molecule has 2 aromatic rings. The van der Waals surface area contributed by atoms with Crippen molar-refractivity contribution in [2.24, 2.45) is 5.92 Å². The second-order valence-electron chi connectivity index (χ2n) is 5.33.